The van der Waals surface area contributed by atoms with Gasteiger partial charge in [-0.05, 0) is 55.4 Å². The fraction of sp³-hybridized carbons (Fsp3) is 0.435. The summed E-state index contributed by atoms with van der Waals surface area (Å²) in [6.07, 6.45) is 1.03. The summed E-state index contributed by atoms with van der Waals surface area (Å²) in [5, 5.41) is 3.21. The molecule has 2 aromatic rings. The molecule has 3 heteroatoms. The minimum Gasteiger partial charge on any atom is -0.480 e. The predicted molar refractivity (Wildman–Crippen MR) is 107 cm³/mol. The first-order valence-corrected chi connectivity index (χ1v) is 9.50. The molecule has 0 bridgehead atoms. The number of nitrogens with one attached hydrogen (secondary N) is 1. The summed E-state index contributed by atoms with van der Waals surface area (Å²) >= 11 is 0. The molecule has 0 heterocycles. The molecule has 140 valence electrons. The minimum absolute atomic E-state index is 0.0000404. The van der Waals surface area contributed by atoms with Gasteiger partial charge >= 0.3 is 0 Å². The van der Waals surface area contributed by atoms with Crippen LogP contribution in [0, 0.1) is 19.8 Å². The molecule has 0 aliphatic carbocycles. The van der Waals surface area contributed by atoms with Crippen molar-refractivity contribution < 1.29 is 9.53 Å². The molecule has 0 aromatic heterocycles. The van der Waals surface area contributed by atoms with Crippen LogP contribution in [-0.4, -0.2) is 12.0 Å². The number of ether oxygens (including phenoxy) is 1. The number of carbonyl (C=O) groups excluding carboxylic acids is 1. The van der Waals surface area contributed by atoms with Crippen LogP contribution >= 0.6 is 0 Å². The third-order valence-corrected chi connectivity index (χ3v) is 4.71. The lowest BCUT2D eigenvalue weighted by atomic mass is 9.96. The molecule has 2 aromatic carbocycles. The second-order valence-corrected chi connectivity index (χ2v) is 7.31. The average molecular weight is 354 g/mol. The Morgan fingerprint density at radius 2 is 1.73 bits per heavy atom. The van der Waals surface area contributed by atoms with E-state index in [4.69, 9.17) is 4.74 Å². The molecular formula is C23H31NO2. The Kier molecular flexibility index (Phi) is 7.26. The topological polar surface area (TPSA) is 38.3 Å². The SMILES string of the molecule is CC[C@@H](Oc1cccc(C)c1C)C(=O)N[C@@H](CC(C)C)c1ccccc1. The molecule has 2 rings (SSSR count). The molecule has 0 aliphatic rings. The normalized spacial score (nSPS) is 13.3. The van der Waals surface area contributed by atoms with Crippen LogP contribution in [0.2, 0.25) is 0 Å². The molecule has 2 atom stereocenters. The third-order valence-electron chi connectivity index (χ3n) is 4.71. The number of amides is 1. The van der Waals surface area contributed by atoms with E-state index in [-0.39, 0.29) is 11.9 Å². The number of benzene rings is 2. The molecule has 26 heavy (non-hydrogen) atoms. The van der Waals surface area contributed by atoms with E-state index in [1.807, 2.05) is 44.2 Å². The summed E-state index contributed by atoms with van der Waals surface area (Å²) in [7, 11) is 0. The van der Waals surface area contributed by atoms with Gasteiger partial charge in [0.1, 0.15) is 5.75 Å². The lowest BCUT2D eigenvalue weighted by molar-refractivity contribution is -0.129. The maximum atomic E-state index is 12.9. The Balaban J connectivity index is 2.14. The predicted octanol–water partition coefficient (Wildman–Crippen LogP) is 5.36. The van der Waals surface area contributed by atoms with E-state index in [9.17, 15) is 4.79 Å². The smallest absolute Gasteiger partial charge is 0.261 e. The number of hydrogen-bond acceptors (Lipinski definition) is 2. The molecule has 0 radical (unpaired) electrons. The molecule has 0 spiro atoms. The first kappa shape index (κ1) is 20.0. The van der Waals surface area contributed by atoms with E-state index in [0.717, 1.165) is 23.3 Å². The van der Waals surface area contributed by atoms with Gasteiger partial charge in [0.15, 0.2) is 6.10 Å². The minimum atomic E-state index is -0.492. The summed E-state index contributed by atoms with van der Waals surface area (Å²) in [6.45, 7) is 10.4. The lowest BCUT2D eigenvalue weighted by Gasteiger charge is -2.25. The fourth-order valence-electron chi connectivity index (χ4n) is 3.03. The zero-order valence-corrected chi connectivity index (χ0v) is 16.6. The molecule has 0 aliphatic heterocycles. The van der Waals surface area contributed by atoms with Gasteiger partial charge in [-0.1, -0.05) is 63.2 Å². The maximum Gasteiger partial charge on any atom is 0.261 e. The van der Waals surface area contributed by atoms with E-state index >= 15 is 0 Å². The molecule has 1 amide bonds. The van der Waals surface area contributed by atoms with Gasteiger partial charge in [0.05, 0.1) is 6.04 Å². The first-order valence-electron chi connectivity index (χ1n) is 9.50. The second-order valence-electron chi connectivity index (χ2n) is 7.31. The van der Waals surface area contributed by atoms with Crippen LogP contribution in [0.1, 0.15) is 56.3 Å². The van der Waals surface area contributed by atoms with Gasteiger partial charge in [-0.15, -0.1) is 0 Å². The van der Waals surface area contributed by atoms with Gasteiger partial charge in [-0.3, -0.25) is 4.79 Å². The summed E-state index contributed by atoms with van der Waals surface area (Å²) in [4.78, 5) is 12.9. The van der Waals surface area contributed by atoms with Crippen molar-refractivity contribution in [3.8, 4) is 5.75 Å². The van der Waals surface area contributed by atoms with Crippen LogP contribution < -0.4 is 10.1 Å². The van der Waals surface area contributed by atoms with Gasteiger partial charge in [-0.25, -0.2) is 0 Å². The van der Waals surface area contributed by atoms with Crippen LogP contribution in [0.5, 0.6) is 5.75 Å². The highest BCUT2D eigenvalue weighted by Gasteiger charge is 2.23. The number of hydrogen-bond donors (Lipinski definition) is 1. The Bertz CT molecular complexity index is 709. The number of aryl methyl sites for hydroxylation is 1. The highest BCUT2D eigenvalue weighted by Crippen LogP contribution is 2.24. The molecule has 0 saturated heterocycles. The fourth-order valence-corrected chi connectivity index (χ4v) is 3.03. The molecule has 3 nitrogen and oxygen atoms in total. The highest BCUT2D eigenvalue weighted by atomic mass is 16.5. The van der Waals surface area contributed by atoms with Crippen molar-refractivity contribution in [3.05, 3.63) is 65.2 Å². The van der Waals surface area contributed by atoms with Crippen molar-refractivity contribution in [1.29, 1.82) is 0 Å². The first-order chi connectivity index (χ1) is 12.4. The standard InChI is InChI=1S/C23H31NO2/c1-6-21(26-22-14-10-11-17(4)18(22)5)23(25)24-20(15-16(2)3)19-12-8-7-9-13-19/h7-14,16,20-21H,6,15H2,1-5H3,(H,24,25)/t20-,21+/m0/s1. The van der Waals surface area contributed by atoms with Crippen molar-refractivity contribution in [2.45, 2.75) is 59.6 Å². The molecule has 0 fully saturated rings. The van der Waals surface area contributed by atoms with Gasteiger partial charge < -0.3 is 10.1 Å². The Hall–Kier alpha value is -2.29. The average Bonchev–Trinajstić information content (AvgIpc) is 2.62. The van der Waals surface area contributed by atoms with Crippen molar-refractivity contribution in [2.24, 2.45) is 5.92 Å². The van der Waals surface area contributed by atoms with Crippen molar-refractivity contribution in [3.63, 3.8) is 0 Å². The van der Waals surface area contributed by atoms with Crippen molar-refractivity contribution in [2.75, 3.05) is 0 Å². The monoisotopic (exact) mass is 353 g/mol. The van der Waals surface area contributed by atoms with Gasteiger partial charge in [0.25, 0.3) is 5.91 Å². The van der Waals surface area contributed by atoms with Crippen LogP contribution in [0.3, 0.4) is 0 Å². The maximum absolute atomic E-state index is 12.9. The van der Waals surface area contributed by atoms with E-state index in [1.54, 1.807) is 0 Å². The summed E-state index contributed by atoms with van der Waals surface area (Å²) in [5.41, 5.74) is 3.39. The van der Waals surface area contributed by atoms with Crippen LogP contribution in [0.15, 0.2) is 48.5 Å². The van der Waals surface area contributed by atoms with Crippen LogP contribution in [0.4, 0.5) is 0 Å². The largest absolute Gasteiger partial charge is 0.480 e. The zero-order chi connectivity index (χ0) is 19.1. The van der Waals surface area contributed by atoms with E-state index in [1.165, 1.54) is 5.56 Å². The summed E-state index contributed by atoms with van der Waals surface area (Å²) in [6, 6.07) is 16.1. The van der Waals surface area contributed by atoms with Gasteiger partial charge in [0.2, 0.25) is 0 Å². The van der Waals surface area contributed by atoms with Gasteiger partial charge in [-0.2, -0.15) is 0 Å². The summed E-state index contributed by atoms with van der Waals surface area (Å²) < 4.78 is 6.07. The Morgan fingerprint density at radius 1 is 1.04 bits per heavy atom. The molecular weight excluding hydrogens is 322 g/mol. The third kappa shape index (κ3) is 5.35. The molecule has 0 saturated carbocycles. The lowest BCUT2D eigenvalue weighted by Crippen LogP contribution is -2.40. The highest BCUT2D eigenvalue weighted by molar-refractivity contribution is 5.81. The van der Waals surface area contributed by atoms with E-state index < -0.39 is 6.10 Å². The number of carbonyl (C=O) groups is 1. The molecule has 1 N–H and O–H groups in total. The van der Waals surface area contributed by atoms with Crippen molar-refractivity contribution in [1.82, 2.24) is 5.32 Å². The van der Waals surface area contributed by atoms with E-state index in [0.29, 0.717) is 12.3 Å². The zero-order valence-electron chi connectivity index (χ0n) is 16.6. The van der Waals surface area contributed by atoms with Crippen molar-refractivity contribution >= 4 is 5.91 Å². The van der Waals surface area contributed by atoms with E-state index in [2.05, 4.69) is 44.3 Å². The second kappa shape index (κ2) is 9.42. The Morgan fingerprint density at radius 3 is 2.35 bits per heavy atom. The number of rotatable bonds is 8. The molecule has 0 unspecified atom stereocenters. The van der Waals surface area contributed by atoms with Gasteiger partial charge in [0, 0.05) is 0 Å². The Labute approximate surface area is 157 Å². The quantitative estimate of drug-likeness (QED) is 0.693. The van der Waals surface area contributed by atoms with Crippen LogP contribution in [0.25, 0.3) is 0 Å². The van der Waals surface area contributed by atoms with Crippen LogP contribution in [-0.2, 0) is 4.79 Å². The summed E-state index contributed by atoms with van der Waals surface area (Å²) in [5.74, 6) is 1.22.